The number of carbonyl (C=O) groups is 2. The monoisotopic (exact) mass is 524 g/mol. The zero-order valence-electron chi connectivity index (χ0n) is 23.0. The predicted octanol–water partition coefficient (Wildman–Crippen LogP) is 7.85. The van der Waals surface area contributed by atoms with Crippen LogP contribution in [0.5, 0.6) is 11.5 Å². The van der Waals surface area contributed by atoms with Crippen LogP contribution < -0.4 is 9.47 Å². The molecule has 0 aliphatic rings. The molecule has 0 aliphatic heterocycles. The second-order valence-electron chi connectivity index (χ2n) is 9.40. The maximum absolute atomic E-state index is 12.5. The molecule has 0 radical (unpaired) electrons. The molecule has 0 heterocycles. The van der Waals surface area contributed by atoms with E-state index in [1.807, 2.05) is 36.4 Å². The van der Waals surface area contributed by atoms with E-state index in [1.165, 1.54) is 31.9 Å². The summed E-state index contributed by atoms with van der Waals surface area (Å²) in [7, 11) is 1.50. The molecule has 3 aromatic carbocycles. The summed E-state index contributed by atoms with van der Waals surface area (Å²) in [4.78, 5) is 24.3. The van der Waals surface area contributed by atoms with Gasteiger partial charge < -0.3 is 14.2 Å². The van der Waals surface area contributed by atoms with Crippen molar-refractivity contribution in [3.8, 4) is 22.6 Å². The van der Waals surface area contributed by atoms with Crippen molar-refractivity contribution in [1.29, 1.82) is 0 Å². The molecule has 0 bridgehead atoms. The highest BCUT2D eigenvalue weighted by atomic mass is 16.5. The summed E-state index contributed by atoms with van der Waals surface area (Å²) in [6.45, 7) is 11.3. The molecule has 3 aromatic rings. The van der Waals surface area contributed by atoms with Crippen LogP contribution >= 0.6 is 0 Å². The van der Waals surface area contributed by atoms with Gasteiger partial charge in [-0.05, 0) is 66.3 Å². The third kappa shape index (κ3) is 8.94. The van der Waals surface area contributed by atoms with Crippen molar-refractivity contribution in [2.75, 3.05) is 13.7 Å². The molecule has 0 spiro atoms. The number of ether oxygens (including phenoxy) is 3. The van der Waals surface area contributed by atoms with E-state index in [9.17, 15) is 9.59 Å². The lowest BCUT2D eigenvalue weighted by Crippen LogP contribution is -2.14. The highest BCUT2D eigenvalue weighted by Gasteiger charge is 2.13. The first-order valence-electron chi connectivity index (χ1n) is 13.1. The fraction of sp³-hybridized carbons (Fsp3) is 0.235. The van der Waals surface area contributed by atoms with Crippen LogP contribution in [0.2, 0.25) is 0 Å². The molecule has 0 aliphatic carbocycles. The molecule has 0 amide bonds. The highest BCUT2D eigenvalue weighted by Crippen LogP contribution is 2.30. The van der Waals surface area contributed by atoms with Gasteiger partial charge in [0.2, 0.25) is 0 Å². The molecule has 3 rings (SSSR count). The number of hydrogen-bond donors (Lipinski definition) is 0. The number of carbonyl (C=O) groups excluding carboxylic acids is 2. The fourth-order valence-corrected chi connectivity index (χ4v) is 3.83. The highest BCUT2D eigenvalue weighted by molar-refractivity contribution is 5.91. The number of hydrogen-bond acceptors (Lipinski definition) is 5. The van der Waals surface area contributed by atoms with Crippen LogP contribution in [0.15, 0.2) is 91.0 Å². The summed E-state index contributed by atoms with van der Waals surface area (Å²) in [5.74, 6) is -0.155. The van der Waals surface area contributed by atoms with E-state index < -0.39 is 11.9 Å². The normalized spacial score (nSPS) is 10.8. The summed E-state index contributed by atoms with van der Waals surface area (Å²) in [6, 6.07) is 21.3. The van der Waals surface area contributed by atoms with Crippen LogP contribution in [0.4, 0.5) is 0 Å². The van der Waals surface area contributed by atoms with Gasteiger partial charge >= 0.3 is 11.9 Å². The minimum absolute atomic E-state index is 0.0923. The van der Waals surface area contributed by atoms with Crippen molar-refractivity contribution in [2.45, 2.75) is 39.5 Å². The Morgan fingerprint density at radius 2 is 1.51 bits per heavy atom. The summed E-state index contributed by atoms with van der Waals surface area (Å²) in [6.07, 6.45) is 8.64. The Morgan fingerprint density at radius 3 is 2.15 bits per heavy atom. The molecule has 202 valence electrons. The Bertz CT molecular complexity index is 1330. The molecule has 0 N–H and O–H groups in total. The van der Waals surface area contributed by atoms with E-state index in [4.69, 9.17) is 14.2 Å². The van der Waals surface area contributed by atoms with Crippen molar-refractivity contribution < 1.29 is 23.8 Å². The summed E-state index contributed by atoms with van der Waals surface area (Å²) in [5.41, 5.74) is 5.49. The Hall–Kier alpha value is -4.22. The van der Waals surface area contributed by atoms with Crippen LogP contribution in [0.25, 0.3) is 23.3 Å². The third-order valence-electron chi connectivity index (χ3n) is 6.07. The molecular formula is C34H36O5. The van der Waals surface area contributed by atoms with Crippen molar-refractivity contribution in [3.63, 3.8) is 0 Å². The maximum Gasteiger partial charge on any atom is 0.341 e. The van der Waals surface area contributed by atoms with E-state index in [2.05, 4.69) is 44.3 Å². The first kappa shape index (κ1) is 29.3. The Balaban J connectivity index is 1.87. The largest absolute Gasteiger partial charge is 0.423 e. The fourth-order valence-electron chi connectivity index (χ4n) is 3.83. The quantitative estimate of drug-likeness (QED) is 0.0749. The minimum atomic E-state index is -0.542. The summed E-state index contributed by atoms with van der Waals surface area (Å²) < 4.78 is 16.0. The van der Waals surface area contributed by atoms with Gasteiger partial charge in [-0.3, -0.25) is 0 Å². The van der Waals surface area contributed by atoms with Gasteiger partial charge in [-0.1, -0.05) is 87.5 Å². The number of esters is 2. The summed E-state index contributed by atoms with van der Waals surface area (Å²) in [5, 5.41) is 0. The standard InChI is InChI=1S/C34H36O5/c1-6-7-8-9-26-10-12-27(13-11-26)14-15-30-22-29(18-21-32(30)39-34(36)25(4)23-37-5)28-16-19-31(20-17-28)38-33(35)24(2)3/h10-22H,2,4,6-9,23H2,1,3,5H3/b15-14+. The van der Waals surface area contributed by atoms with Gasteiger partial charge in [0.1, 0.15) is 11.5 Å². The topological polar surface area (TPSA) is 61.8 Å². The van der Waals surface area contributed by atoms with Crippen molar-refractivity contribution in [1.82, 2.24) is 0 Å². The second-order valence-corrected chi connectivity index (χ2v) is 9.40. The Labute approximate surface area is 231 Å². The lowest BCUT2D eigenvalue weighted by atomic mass is 10.0. The molecule has 0 fully saturated rings. The van der Waals surface area contributed by atoms with Crippen molar-refractivity contribution in [3.05, 3.63) is 108 Å². The summed E-state index contributed by atoms with van der Waals surface area (Å²) >= 11 is 0. The Kier molecular flexibility index (Phi) is 11.0. The third-order valence-corrected chi connectivity index (χ3v) is 6.07. The van der Waals surface area contributed by atoms with Crippen LogP contribution in [-0.4, -0.2) is 25.7 Å². The molecule has 0 unspecified atom stereocenters. The molecule has 0 aromatic heterocycles. The van der Waals surface area contributed by atoms with E-state index in [-0.39, 0.29) is 12.2 Å². The van der Waals surface area contributed by atoms with E-state index in [0.29, 0.717) is 17.1 Å². The van der Waals surface area contributed by atoms with E-state index in [0.717, 1.165) is 28.7 Å². The molecule has 39 heavy (non-hydrogen) atoms. The van der Waals surface area contributed by atoms with Crippen LogP contribution in [-0.2, 0) is 20.7 Å². The van der Waals surface area contributed by atoms with E-state index in [1.54, 1.807) is 25.1 Å². The molecular weight excluding hydrogens is 488 g/mol. The number of rotatable bonds is 13. The SMILES string of the molecule is C=C(C)C(=O)Oc1ccc(-c2ccc(OC(=O)C(=C)COC)c(/C=C/c3ccc(CCCCC)cc3)c2)cc1. The van der Waals surface area contributed by atoms with Gasteiger partial charge in [0.25, 0.3) is 0 Å². The lowest BCUT2D eigenvalue weighted by Gasteiger charge is -2.12. The van der Waals surface area contributed by atoms with Gasteiger partial charge in [-0.25, -0.2) is 9.59 Å². The zero-order valence-corrected chi connectivity index (χ0v) is 23.0. The average Bonchev–Trinajstić information content (AvgIpc) is 2.93. The maximum atomic E-state index is 12.5. The van der Waals surface area contributed by atoms with Crippen molar-refractivity contribution >= 4 is 24.1 Å². The second kappa shape index (κ2) is 14.6. The van der Waals surface area contributed by atoms with Crippen LogP contribution in [0.1, 0.15) is 49.8 Å². The van der Waals surface area contributed by atoms with Gasteiger partial charge in [0.05, 0.1) is 12.2 Å². The van der Waals surface area contributed by atoms with Gasteiger partial charge in [-0.2, -0.15) is 0 Å². The first-order chi connectivity index (χ1) is 18.8. The van der Waals surface area contributed by atoms with Crippen LogP contribution in [0.3, 0.4) is 0 Å². The minimum Gasteiger partial charge on any atom is -0.423 e. The number of unbranched alkanes of at least 4 members (excludes halogenated alkanes) is 2. The van der Waals surface area contributed by atoms with Gasteiger partial charge in [0.15, 0.2) is 0 Å². The molecule has 0 saturated carbocycles. The van der Waals surface area contributed by atoms with Crippen molar-refractivity contribution in [2.24, 2.45) is 0 Å². The average molecular weight is 525 g/mol. The first-order valence-corrected chi connectivity index (χ1v) is 13.1. The zero-order chi connectivity index (χ0) is 28.2. The van der Waals surface area contributed by atoms with Gasteiger partial charge in [0, 0.05) is 18.2 Å². The van der Waals surface area contributed by atoms with Crippen LogP contribution in [0, 0.1) is 0 Å². The predicted molar refractivity (Wildman–Crippen MR) is 158 cm³/mol. The molecule has 5 nitrogen and oxygen atoms in total. The Morgan fingerprint density at radius 1 is 0.821 bits per heavy atom. The van der Waals surface area contributed by atoms with E-state index >= 15 is 0 Å². The molecule has 5 heteroatoms. The number of methoxy groups -OCH3 is 1. The molecule has 0 saturated heterocycles. The smallest absolute Gasteiger partial charge is 0.341 e. The molecule has 0 atom stereocenters. The number of benzene rings is 3. The number of aryl methyl sites for hydroxylation is 1. The lowest BCUT2D eigenvalue weighted by molar-refractivity contribution is -0.131. The van der Waals surface area contributed by atoms with Gasteiger partial charge in [-0.15, -0.1) is 0 Å².